The minimum absolute atomic E-state index is 0.659. The summed E-state index contributed by atoms with van der Waals surface area (Å²) in [5.74, 6) is 1.48. The fourth-order valence-corrected chi connectivity index (χ4v) is 1.28. The fourth-order valence-electron chi connectivity index (χ4n) is 1.28. The smallest absolute Gasteiger partial charge is 0.219 e. The molecule has 0 unspecified atom stereocenters. The SMILES string of the molecule is C=C(C)c1cnn(C)c1OCCC(C)C. The highest BCUT2D eigenvalue weighted by atomic mass is 16.5. The van der Waals surface area contributed by atoms with Gasteiger partial charge in [-0.25, -0.2) is 4.68 Å². The molecule has 0 saturated carbocycles. The minimum Gasteiger partial charge on any atom is -0.477 e. The zero-order valence-corrected chi connectivity index (χ0v) is 10.1. The molecule has 1 rings (SSSR count). The average Bonchev–Trinajstić information content (AvgIpc) is 2.47. The summed E-state index contributed by atoms with van der Waals surface area (Å²) in [6.45, 7) is 11.0. The van der Waals surface area contributed by atoms with Gasteiger partial charge in [-0.2, -0.15) is 5.10 Å². The van der Waals surface area contributed by atoms with E-state index in [9.17, 15) is 0 Å². The van der Waals surface area contributed by atoms with Crippen molar-refractivity contribution in [2.45, 2.75) is 27.2 Å². The first-order valence-corrected chi connectivity index (χ1v) is 5.33. The third-order valence-corrected chi connectivity index (χ3v) is 2.28. The summed E-state index contributed by atoms with van der Waals surface area (Å²) in [6.07, 6.45) is 2.86. The second-order valence-corrected chi connectivity index (χ2v) is 4.30. The minimum atomic E-state index is 0.659. The summed E-state index contributed by atoms with van der Waals surface area (Å²) in [6, 6.07) is 0. The van der Waals surface area contributed by atoms with Crippen molar-refractivity contribution >= 4 is 5.57 Å². The van der Waals surface area contributed by atoms with E-state index in [1.165, 1.54) is 0 Å². The molecule has 0 aromatic carbocycles. The van der Waals surface area contributed by atoms with Gasteiger partial charge in [0.1, 0.15) is 0 Å². The number of aryl methyl sites for hydroxylation is 1. The Morgan fingerprint density at radius 3 is 2.80 bits per heavy atom. The molecule has 0 atom stereocenters. The van der Waals surface area contributed by atoms with Gasteiger partial charge in [-0.3, -0.25) is 0 Å². The van der Waals surface area contributed by atoms with Crippen molar-refractivity contribution in [2.24, 2.45) is 13.0 Å². The lowest BCUT2D eigenvalue weighted by Gasteiger charge is -2.10. The van der Waals surface area contributed by atoms with Crippen LogP contribution in [0.3, 0.4) is 0 Å². The van der Waals surface area contributed by atoms with Crippen LogP contribution in [-0.4, -0.2) is 16.4 Å². The standard InChI is InChI=1S/C12H20N2O/c1-9(2)6-7-15-12-11(10(3)4)8-13-14(12)5/h8-9H,3,6-7H2,1-2,4-5H3. The summed E-state index contributed by atoms with van der Waals surface area (Å²) < 4.78 is 7.47. The predicted octanol–water partition coefficient (Wildman–Crippen LogP) is 2.88. The molecule has 0 amide bonds. The fraction of sp³-hybridized carbons (Fsp3) is 0.583. The normalized spacial score (nSPS) is 10.7. The van der Waals surface area contributed by atoms with E-state index < -0.39 is 0 Å². The van der Waals surface area contributed by atoms with Crippen molar-refractivity contribution in [1.29, 1.82) is 0 Å². The molecule has 1 aromatic heterocycles. The quantitative estimate of drug-likeness (QED) is 0.744. The largest absolute Gasteiger partial charge is 0.477 e. The molecule has 15 heavy (non-hydrogen) atoms. The zero-order chi connectivity index (χ0) is 11.4. The van der Waals surface area contributed by atoms with Crippen LogP contribution in [0.25, 0.3) is 5.57 Å². The van der Waals surface area contributed by atoms with Crippen LogP contribution in [0.1, 0.15) is 32.8 Å². The van der Waals surface area contributed by atoms with Crippen LogP contribution >= 0.6 is 0 Å². The van der Waals surface area contributed by atoms with Crippen molar-refractivity contribution in [3.8, 4) is 5.88 Å². The van der Waals surface area contributed by atoms with Crippen molar-refractivity contribution in [2.75, 3.05) is 6.61 Å². The third-order valence-electron chi connectivity index (χ3n) is 2.28. The predicted molar refractivity (Wildman–Crippen MR) is 62.9 cm³/mol. The molecule has 3 heteroatoms. The van der Waals surface area contributed by atoms with E-state index in [4.69, 9.17) is 4.74 Å². The Balaban J connectivity index is 2.66. The van der Waals surface area contributed by atoms with E-state index in [-0.39, 0.29) is 0 Å². The molecule has 0 aliphatic carbocycles. The maximum atomic E-state index is 5.72. The van der Waals surface area contributed by atoms with E-state index in [1.54, 1.807) is 10.9 Å². The van der Waals surface area contributed by atoms with Gasteiger partial charge in [-0.05, 0) is 24.8 Å². The Kier molecular flexibility index (Phi) is 3.95. The van der Waals surface area contributed by atoms with Crippen molar-refractivity contribution in [1.82, 2.24) is 9.78 Å². The first-order valence-electron chi connectivity index (χ1n) is 5.33. The van der Waals surface area contributed by atoms with Crippen LogP contribution in [-0.2, 0) is 7.05 Å². The van der Waals surface area contributed by atoms with Gasteiger partial charge in [0.05, 0.1) is 18.4 Å². The second kappa shape index (κ2) is 5.01. The van der Waals surface area contributed by atoms with Crippen LogP contribution < -0.4 is 4.74 Å². The summed E-state index contributed by atoms with van der Waals surface area (Å²) in [5, 5.41) is 4.17. The first kappa shape index (κ1) is 11.8. The number of allylic oxidation sites excluding steroid dienone is 1. The molecular weight excluding hydrogens is 188 g/mol. The summed E-state index contributed by atoms with van der Waals surface area (Å²) >= 11 is 0. The van der Waals surface area contributed by atoms with Crippen LogP contribution in [0, 0.1) is 5.92 Å². The van der Waals surface area contributed by atoms with Gasteiger partial charge in [0.2, 0.25) is 5.88 Å². The molecule has 0 bridgehead atoms. The Hall–Kier alpha value is -1.25. The Labute approximate surface area is 91.7 Å². The highest BCUT2D eigenvalue weighted by Gasteiger charge is 2.10. The number of hydrogen-bond donors (Lipinski definition) is 0. The number of ether oxygens (including phenoxy) is 1. The van der Waals surface area contributed by atoms with Gasteiger partial charge in [0.25, 0.3) is 0 Å². The lowest BCUT2D eigenvalue weighted by molar-refractivity contribution is 0.266. The Morgan fingerprint density at radius 1 is 1.60 bits per heavy atom. The van der Waals surface area contributed by atoms with E-state index in [0.29, 0.717) is 5.92 Å². The molecule has 84 valence electrons. The molecule has 0 aliphatic heterocycles. The maximum absolute atomic E-state index is 5.72. The van der Waals surface area contributed by atoms with Crippen molar-refractivity contribution in [3.05, 3.63) is 18.3 Å². The lowest BCUT2D eigenvalue weighted by atomic mass is 10.1. The van der Waals surface area contributed by atoms with E-state index in [0.717, 1.165) is 30.0 Å². The maximum Gasteiger partial charge on any atom is 0.219 e. The Morgan fingerprint density at radius 2 is 2.27 bits per heavy atom. The first-order chi connectivity index (χ1) is 7.02. The molecular formula is C12H20N2O. The summed E-state index contributed by atoms with van der Waals surface area (Å²) in [4.78, 5) is 0. The van der Waals surface area contributed by atoms with Gasteiger partial charge >= 0.3 is 0 Å². The van der Waals surface area contributed by atoms with Crippen molar-refractivity contribution in [3.63, 3.8) is 0 Å². The zero-order valence-electron chi connectivity index (χ0n) is 10.1. The number of rotatable bonds is 5. The molecule has 0 radical (unpaired) electrons. The highest BCUT2D eigenvalue weighted by molar-refractivity contribution is 5.64. The monoisotopic (exact) mass is 208 g/mol. The van der Waals surface area contributed by atoms with Gasteiger partial charge in [-0.15, -0.1) is 0 Å². The average molecular weight is 208 g/mol. The van der Waals surface area contributed by atoms with Gasteiger partial charge in [0.15, 0.2) is 0 Å². The Bertz CT molecular complexity index is 339. The molecule has 0 saturated heterocycles. The molecule has 1 heterocycles. The molecule has 0 spiro atoms. The molecule has 3 nitrogen and oxygen atoms in total. The van der Waals surface area contributed by atoms with Gasteiger partial charge in [0, 0.05) is 7.05 Å². The van der Waals surface area contributed by atoms with Crippen LogP contribution in [0.5, 0.6) is 5.88 Å². The van der Waals surface area contributed by atoms with Crippen LogP contribution in [0.2, 0.25) is 0 Å². The summed E-state index contributed by atoms with van der Waals surface area (Å²) in [7, 11) is 1.89. The topological polar surface area (TPSA) is 27.1 Å². The second-order valence-electron chi connectivity index (χ2n) is 4.30. The van der Waals surface area contributed by atoms with Gasteiger partial charge in [-0.1, -0.05) is 20.4 Å². The van der Waals surface area contributed by atoms with E-state index in [2.05, 4.69) is 25.5 Å². The molecule has 0 aliphatic rings. The number of hydrogen-bond acceptors (Lipinski definition) is 2. The van der Waals surface area contributed by atoms with E-state index in [1.807, 2.05) is 14.0 Å². The van der Waals surface area contributed by atoms with Gasteiger partial charge < -0.3 is 4.74 Å². The summed E-state index contributed by atoms with van der Waals surface area (Å²) in [5.41, 5.74) is 1.99. The highest BCUT2D eigenvalue weighted by Crippen LogP contribution is 2.23. The molecule has 1 aromatic rings. The number of aromatic nitrogens is 2. The van der Waals surface area contributed by atoms with Crippen LogP contribution in [0.15, 0.2) is 12.8 Å². The molecule has 0 N–H and O–H groups in total. The van der Waals surface area contributed by atoms with E-state index >= 15 is 0 Å². The van der Waals surface area contributed by atoms with Crippen LogP contribution in [0.4, 0.5) is 0 Å². The molecule has 0 fully saturated rings. The lowest BCUT2D eigenvalue weighted by Crippen LogP contribution is -2.06. The van der Waals surface area contributed by atoms with Crippen molar-refractivity contribution < 1.29 is 4.74 Å². The third kappa shape index (κ3) is 3.11. The number of nitrogens with zero attached hydrogens (tertiary/aromatic N) is 2.